The number of halogens is 2. The summed E-state index contributed by atoms with van der Waals surface area (Å²) in [4.78, 5) is 28.3. The average molecular weight is 451 g/mol. The van der Waals surface area contributed by atoms with Gasteiger partial charge < -0.3 is 5.32 Å². The van der Waals surface area contributed by atoms with E-state index in [4.69, 9.17) is 23.2 Å². The molecule has 0 saturated heterocycles. The zero-order valence-electron chi connectivity index (χ0n) is 17.3. The number of hydrogen-bond acceptors (Lipinski definition) is 3. The lowest BCUT2D eigenvalue weighted by Crippen LogP contribution is -2.33. The Hall–Kier alpha value is -3.08. The summed E-state index contributed by atoms with van der Waals surface area (Å²) in [6.07, 6.45) is 0. The Bertz CT molecular complexity index is 1250. The van der Waals surface area contributed by atoms with Crippen molar-refractivity contribution in [3.8, 4) is 0 Å². The van der Waals surface area contributed by atoms with Crippen LogP contribution in [0.2, 0.25) is 10.0 Å². The number of benzene rings is 3. The van der Waals surface area contributed by atoms with Gasteiger partial charge in [-0.15, -0.1) is 0 Å². The van der Waals surface area contributed by atoms with Gasteiger partial charge in [0.15, 0.2) is 0 Å². The van der Waals surface area contributed by atoms with Crippen LogP contribution in [-0.2, 0) is 9.59 Å². The fraction of sp³-hybridized carbons (Fsp3) is 0.120. The number of carbonyl (C=O) groups excluding carboxylic acids is 2. The number of imide groups is 1. The second-order valence-corrected chi connectivity index (χ2v) is 8.37. The van der Waals surface area contributed by atoms with Crippen LogP contribution < -0.4 is 10.2 Å². The highest BCUT2D eigenvalue weighted by Gasteiger charge is 2.41. The van der Waals surface area contributed by atoms with Gasteiger partial charge in [-0.1, -0.05) is 59.1 Å². The van der Waals surface area contributed by atoms with Crippen LogP contribution >= 0.6 is 23.2 Å². The molecule has 0 aliphatic carbocycles. The normalized spacial score (nSPS) is 13.9. The van der Waals surface area contributed by atoms with Crippen molar-refractivity contribution in [1.29, 1.82) is 0 Å². The summed E-state index contributed by atoms with van der Waals surface area (Å²) in [6.45, 7) is 5.65. The minimum Gasteiger partial charge on any atom is -0.350 e. The molecule has 1 aliphatic heterocycles. The van der Waals surface area contributed by atoms with Gasteiger partial charge >= 0.3 is 0 Å². The summed E-state index contributed by atoms with van der Waals surface area (Å²) < 4.78 is 0. The van der Waals surface area contributed by atoms with Crippen molar-refractivity contribution in [1.82, 2.24) is 0 Å². The molecule has 0 aromatic heterocycles. The molecular formula is C25H20Cl2N2O2. The fourth-order valence-corrected chi connectivity index (χ4v) is 3.99. The third-order valence-electron chi connectivity index (χ3n) is 5.35. The van der Waals surface area contributed by atoms with Crippen LogP contribution in [0.25, 0.3) is 5.57 Å². The topological polar surface area (TPSA) is 49.4 Å². The first kappa shape index (κ1) is 21.2. The van der Waals surface area contributed by atoms with Crippen LogP contribution in [0.5, 0.6) is 0 Å². The van der Waals surface area contributed by atoms with Gasteiger partial charge in [-0.05, 0) is 67.8 Å². The van der Waals surface area contributed by atoms with Gasteiger partial charge in [0, 0.05) is 15.7 Å². The van der Waals surface area contributed by atoms with Crippen molar-refractivity contribution in [2.24, 2.45) is 0 Å². The molecule has 0 atom stereocenters. The average Bonchev–Trinajstić information content (AvgIpc) is 2.97. The molecule has 3 aromatic carbocycles. The van der Waals surface area contributed by atoms with Crippen LogP contribution in [0.3, 0.4) is 0 Å². The van der Waals surface area contributed by atoms with Crippen molar-refractivity contribution in [3.05, 3.63) is 98.7 Å². The van der Waals surface area contributed by atoms with E-state index in [0.717, 1.165) is 11.1 Å². The predicted octanol–water partition coefficient (Wildman–Crippen LogP) is 6.32. The van der Waals surface area contributed by atoms with E-state index in [-0.39, 0.29) is 5.70 Å². The molecule has 1 N–H and O–H groups in total. The zero-order valence-corrected chi connectivity index (χ0v) is 18.8. The van der Waals surface area contributed by atoms with Gasteiger partial charge in [0.1, 0.15) is 5.70 Å². The number of carbonyl (C=O) groups is 2. The zero-order chi connectivity index (χ0) is 22.3. The van der Waals surface area contributed by atoms with Crippen LogP contribution in [-0.4, -0.2) is 11.8 Å². The highest BCUT2D eigenvalue weighted by atomic mass is 35.5. The van der Waals surface area contributed by atoms with Crippen molar-refractivity contribution < 1.29 is 9.59 Å². The first-order valence-corrected chi connectivity index (χ1v) is 10.5. The number of nitrogens with zero attached hydrogens (tertiary/aromatic N) is 1. The molecule has 0 fully saturated rings. The molecule has 0 bridgehead atoms. The van der Waals surface area contributed by atoms with E-state index in [1.807, 2.05) is 38.1 Å². The summed E-state index contributed by atoms with van der Waals surface area (Å²) in [5, 5.41) is 4.28. The lowest BCUT2D eigenvalue weighted by molar-refractivity contribution is -0.120. The number of nitrogens with one attached hydrogen (secondary N) is 1. The molecule has 156 valence electrons. The number of rotatable bonds is 4. The van der Waals surface area contributed by atoms with Crippen molar-refractivity contribution in [2.45, 2.75) is 20.8 Å². The molecule has 1 aliphatic rings. The SMILES string of the molecule is Cc1ccc(C2=C(Nc3ccc(Cl)cc3C)C(=O)N(c3cccc(Cl)c3C)C2=O)cc1. The Morgan fingerprint density at radius 2 is 1.55 bits per heavy atom. The van der Waals surface area contributed by atoms with Gasteiger partial charge in [-0.25, -0.2) is 4.90 Å². The van der Waals surface area contributed by atoms with Crippen LogP contribution in [0.4, 0.5) is 11.4 Å². The third kappa shape index (κ3) is 3.85. The van der Waals surface area contributed by atoms with Gasteiger partial charge in [-0.3, -0.25) is 9.59 Å². The van der Waals surface area contributed by atoms with E-state index in [1.165, 1.54) is 4.90 Å². The summed E-state index contributed by atoms with van der Waals surface area (Å²) in [7, 11) is 0. The van der Waals surface area contributed by atoms with E-state index in [0.29, 0.717) is 38.1 Å². The molecule has 0 unspecified atom stereocenters. The van der Waals surface area contributed by atoms with E-state index >= 15 is 0 Å². The standard InChI is InChI=1S/C25H20Cl2N2O2/c1-14-7-9-17(10-8-14)22-23(28-20-12-11-18(26)13-15(20)2)25(31)29(24(22)30)21-6-4-5-19(27)16(21)3/h4-13,28H,1-3H3. The van der Waals surface area contributed by atoms with E-state index in [9.17, 15) is 9.59 Å². The second-order valence-electron chi connectivity index (χ2n) is 7.53. The quantitative estimate of drug-likeness (QED) is 0.473. The Kier molecular flexibility index (Phi) is 5.61. The number of aryl methyl sites for hydroxylation is 2. The van der Waals surface area contributed by atoms with Gasteiger partial charge in [0.2, 0.25) is 0 Å². The Balaban J connectivity index is 1.87. The minimum absolute atomic E-state index is 0.221. The third-order valence-corrected chi connectivity index (χ3v) is 6.00. The molecule has 31 heavy (non-hydrogen) atoms. The van der Waals surface area contributed by atoms with E-state index < -0.39 is 11.8 Å². The van der Waals surface area contributed by atoms with Crippen LogP contribution in [0, 0.1) is 20.8 Å². The number of anilines is 2. The monoisotopic (exact) mass is 450 g/mol. The summed E-state index contributed by atoms with van der Waals surface area (Å²) in [5.74, 6) is -0.825. The lowest BCUT2D eigenvalue weighted by atomic mass is 10.0. The van der Waals surface area contributed by atoms with Gasteiger partial charge in [0.05, 0.1) is 11.3 Å². The fourth-order valence-electron chi connectivity index (χ4n) is 3.59. The maximum atomic E-state index is 13.5. The molecule has 2 amide bonds. The van der Waals surface area contributed by atoms with E-state index in [1.54, 1.807) is 43.3 Å². The maximum absolute atomic E-state index is 13.5. The molecule has 0 spiro atoms. The van der Waals surface area contributed by atoms with Crippen molar-refractivity contribution in [2.75, 3.05) is 10.2 Å². The molecule has 4 rings (SSSR count). The number of hydrogen-bond donors (Lipinski definition) is 1. The van der Waals surface area contributed by atoms with Crippen LogP contribution in [0.15, 0.2) is 66.4 Å². The van der Waals surface area contributed by atoms with Crippen molar-refractivity contribution >= 4 is 52.0 Å². The highest BCUT2D eigenvalue weighted by Crippen LogP contribution is 2.37. The second kappa shape index (κ2) is 8.22. The molecular weight excluding hydrogens is 431 g/mol. The lowest BCUT2D eigenvalue weighted by Gasteiger charge is -2.18. The van der Waals surface area contributed by atoms with Gasteiger partial charge in [0.25, 0.3) is 11.8 Å². The Morgan fingerprint density at radius 1 is 0.839 bits per heavy atom. The first-order chi connectivity index (χ1) is 14.8. The predicted molar refractivity (Wildman–Crippen MR) is 127 cm³/mol. The summed E-state index contributed by atoms with van der Waals surface area (Å²) in [5.41, 5.74) is 4.97. The Labute approximate surface area is 191 Å². The Morgan fingerprint density at radius 3 is 2.23 bits per heavy atom. The number of amides is 2. The summed E-state index contributed by atoms with van der Waals surface area (Å²) >= 11 is 12.3. The van der Waals surface area contributed by atoms with Crippen molar-refractivity contribution in [3.63, 3.8) is 0 Å². The highest BCUT2D eigenvalue weighted by molar-refractivity contribution is 6.46. The molecule has 1 heterocycles. The molecule has 6 heteroatoms. The van der Waals surface area contributed by atoms with E-state index in [2.05, 4.69) is 5.32 Å². The summed E-state index contributed by atoms with van der Waals surface area (Å²) in [6, 6.07) is 18.0. The molecule has 0 radical (unpaired) electrons. The molecule has 4 nitrogen and oxygen atoms in total. The largest absolute Gasteiger partial charge is 0.350 e. The molecule has 3 aromatic rings. The van der Waals surface area contributed by atoms with Crippen LogP contribution in [0.1, 0.15) is 22.3 Å². The van der Waals surface area contributed by atoms with Gasteiger partial charge in [-0.2, -0.15) is 0 Å². The molecule has 0 saturated carbocycles. The smallest absolute Gasteiger partial charge is 0.282 e. The minimum atomic E-state index is -0.430. The first-order valence-electron chi connectivity index (χ1n) is 9.76. The maximum Gasteiger partial charge on any atom is 0.282 e.